The van der Waals surface area contributed by atoms with Gasteiger partial charge in [-0.05, 0) is 18.2 Å². The molecule has 78 valence electrons. The van der Waals surface area contributed by atoms with Gasteiger partial charge in [-0.25, -0.2) is 0 Å². The van der Waals surface area contributed by atoms with Gasteiger partial charge in [-0.3, -0.25) is 10.5 Å². The summed E-state index contributed by atoms with van der Waals surface area (Å²) in [7, 11) is 0. The van der Waals surface area contributed by atoms with Crippen LogP contribution in [0.1, 0.15) is 0 Å². The SMILES string of the molecule is NON([O-])c1cccc(N([O-])ON)c1. The molecule has 0 saturated heterocycles. The Morgan fingerprint density at radius 2 is 1.43 bits per heavy atom. The first-order chi connectivity index (χ1) is 6.69. The number of hydrogen-bond donors (Lipinski definition) is 2. The highest BCUT2D eigenvalue weighted by atomic mass is 16.9. The minimum atomic E-state index is 0.0356. The molecule has 0 amide bonds. The zero-order chi connectivity index (χ0) is 10.6. The molecular formula is C6H8N4O4-2. The van der Waals surface area contributed by atoms with Crippen molar-refractivity contribution < 1.29 is 9.88 Å². The molecule has 0 radical (unpaired) electrons. The van der Waals surface area contributed by atoms with Gasteiger partial charge < -0.3 is 10.4 Å². The maximum Gasteiger partial charge on any atom is 0.0551 e. The molecule has 0 atom stereocenters. The van der Waals surface area contributed by atoms with Crippen molar-refractivity contribution in [3.8, 4) is 0 Å². The average Bonchev–Trinajstić information content (AvgIpc) is 2.27. The van der Waals surface area contributed by atoms with Gasteiger partial charge in [-0.2, -0.15) is 21.7 Å². The summed E-state index contributed by atoms with van der Waals surface area (Å²) in [5.74, 6) is 9.26. The smallest absolute Gasteiger partial charge is 0.0551 e. The van der Waals surface area contributed by atoms with Crippen molar-refractivity contribution in [3.63, 3.8) is 0 Å². The number of nitrogens with zero attached hydrogens (tertiary/aromatic N) is 2. The van der Waals surface area contributed by atoms with E-state index in [4.69, 9.17) is 0 Å². The molecule has 8 heteroatoms. The van der Waals surface area contributed by atoms with Crippen molar-refractivity contribution in [1.29, 1.82) is 0 Å². The third kappa shape index (κ3) is 2.29. The molecule has 0 spiro atoms. The Morgan fingerprint density at radius 3 is 1.79 bits per heavy atom. The summed E-state index contributed by atoms with van der Waals surface area (Å²) < 4.78 is 0. The van der Waals surface area contributed by atoms with Gasteiger partial charge in [0.2, 0.25) is 0 Å². The second kappa shape index (κ2) is 4.72. The summed E-state index contributed by atoms with van der Waals surface area (Å²) in [4.78, 5) is 7.78. The predicted molar refractivity (Wildman–Crippen MR) is 48.7 cm³/mol. The molecule has 0 aliphatic heterocycles. The molecule has 0 aromatic heterocycles. The fourth-order valence-electron chi connectivity index (χ4n) is 0.842. The van der Waals surface area contributed by atoms with Gasteiger partial charge in [0.1, 0.15) is 0 Å². The van der Waals surface area contributed by atoms with E-state index in [1.165, 1.54) is 24.3 Å². The lowest BCUT2D eigenvalue weighted by molar-refractivity contribution is 0.133. The molecule has 0 heterocycles. The van der Waals surface area contributed by atoms with Crippen molar-refractivity contribution in [2.45, 2.75) is 0 Å². The lowest BCUT2D eigenvalue weighted by Crippen LogP contribution is -2.22. The second-order valence-corrected chi connectivity index (χ2v) is 2.24. The molecule has 1 aromatic rings. The van der Waals surface area contributed by atoms with Crippen molar-refractivity contribution in [3.05, 3.63) is 34.7 Å². The van der Waals surface area contributed by atoms with Crippen molar-refractivity contribution >= 4 is 11.4 Å². The van der Waals surface area contributed by atoms with Crippen LogP contribution in [-0.4, -0.2) is 0 Å². The standard InChI is InChI=1S/C6H8N4O4/c7-13-9(11)5-2-1-3-6(4-5)10(12)14-8/h1-4H,7-8H2/q-2. The zero-order valence-corrected chi connectivity index (χ0v) is 6.99. The first-order valence-corrected chi connectivity index (χ1v) is 3.47. The van der Waals surface area contributed by atoms with Gasteiger partial charge in [0, 0.05) is 0 Å². The van der Waals surface area contributed by atoms with E-state index in [0.717, 1.165) is 0 Å². The fourth-order valence-corrected chi connectivity index (χ4v) is 0.842. The van der Waals surface area contributed by atoms with Crippen LogP contribution in [0.2, 0.25) is 0 Å². The van der Waals surface area contributed by atoms with E-state index in [-0.39, 0.29) is 21.8 Å². The van der Waals surface area contributed by atoms with Gasteiger partial charge >= 0.3 is 0 Å². The third-order valence-corrected chi connectivity index (χ3v) is 1.44. The lowest BCUT2D eigenvalue weighted by atomic mass is 10.3. The molecule has 0 fully saturated rings. The molecule has 0 saturated carbocycles. The molecule has 0 aliphatic carbocycles. The molecule has 14 heavy (non-hydrogen) atoms. The summed E-state index contributed by atoms with van der Waals surface area (Å²) >= 11 is 0. The van der Waals surface area contributed by atoms with Crippen LogP contribution in [0.25, 0.3) is 0 Å². The average molecular weight is 200 g/mol. The summed E-state index contributed by atoms with van der Waals surface area (Å²) in [6.45, 7) is 0. The largest absolute Gasteiger partial charge is 0.732 e. The zero-order valence-electron chi connectivity index (χ0n) is 6.99. The maximum absolute atomic E-state index is 10.9. The predicted octanol–water partition coefficient (Wildman–Crippen LogP) is -0.0944. The Labute approximate surface area is 79.2 Å². The number of anilines is 2. The van der Waals surface area contributed by atoms with Crippen LogP contribution in [0.3, 0.4) is 0 Å². The quantitative estimate of drug-likeness (QED) is 0.646. The minimum absolute atomic E-state index is 0.0356. The Hall–Kier alpha value is -1.42. The summed E-state index contributed by atoms with van der Waals surface area (Å²) in [5, 5.41) is 21.8. The Balaban J connectivity index is 2.89. The maximum atomic E-state index is 10.9. The van der Waals surface area contributed by atoms with E-state index in [2.05, 4.69) is 21.7 Å². The monoisotopic (exact) mass is 200 g/mol. The lowest BCUT2D eigenvalue weighted by Gasteiger charge is -2.29. The van der Waals surface area contributed by atoms with Crippen LogP contribution >= 0.6 is 0 Å². The second-order valence-electron chi connectivity index (χ2n) is 2.24. The first-order valence-electron chi connectivity index (χ1n) is 3.47. The fraction of sp³-hybridized carbons (Fsp3) is 0. The van der Waals surface area contributed by atoms with Crippen molar-refractivity contribution in [1.82, 2.24) is 0 Å². The van der Waals surface area contributed by atoms with Gasteiger partial charge in [0.15, 0.2) is 0 Å². The molecule has 1 aromatic carbocycles. The van der Waals surface area contributed by atoms with Crippen LogP contribution < -0.4 is 22.2 Å². The highest BCUT2D eigenvalue weighted by Gasteiger charge is 1.98. The Morgan fingerprint density at radius 1 is 1.00 bits per heavy atom. The molecule has 8 nitrogen and oxygen atoms in total. The van der Waals surface area contributed by atoms with Gasteiger partial charge in [0.05, 0.1) is 11.4 Å². The minimum Gasteiger partial charge on any atom is -0.732 e. The van der Waals surface area contributed by atoms with E-state index in [1.54, 1.807) is 0 Å². The van der Waals surface area contributed by atoms with E-state index >= 15 is 0 Å². The number of nitrogens with two attached hydrogens (primary N) is 2. The highest BCUT2D eigenvalue weighted by Crippen LogP contribution is 2.20. The first kappa shape index (κ1) is 10.7. The molecule has 1 rings (SSSR count). The van der Waals surface area contributed by atoms with Gasteiger partial charge in [-0.15, -0.1) is 0 Å². The van der Waals surface area contributed by atoms with Gasteiger partial charge in [0.25, 0.3) is 0 Å². The molecule has 0 bridgehead atoms. The van der Waals surface area contributed by atoms with Crippen LogP contribution in [0.4, 0.5) is 11.4 Å². The topological polar surface area (TPSA) is 123 Å². The molecule has 0 aliphatic rings. The van der Waals surface area contributed by atoms with E-state index in [9.17, 15) is 10.4 Å². The number of hydrogen-bond acceptors (Lipinski definition) is 8. The summed E-state index contributed by atoms with van der Waals surface area (Å²) in [6.07, 6.45) is 0. The van der Waals surface area contributed by atoms with Crippen molar-refractivity contribution in [2.24, 2.45) is 11.8 Å². The van der Waals surface area contributed by atoms with E-state index in [1.807, 2.05) is 0 Å². The highest BCUT2D eigenvalue weighted by molar-refractivity contribution is 5.57. The van der Waals surface area contributed by atoms with Crippen LogP contribution in [0.15, 0.2) is 24.3 Å². The normalized spacial score (nSPS) is 10.0. The van der Waals surface area contributed by atoms with E-state index in [0.29, 0.717) is 0 Å². The van der Waals surface area contributed by atoms with Crippen molar-refractivity contribution in [2.75, 3.05) is 10.5 Å². The van der Waals surface area contributed by atoms with Crippen LogP contribution in [-0.2, 0) is 9.88 Å². The summed E-state index contributed by atoms with van der Waals surface area (Å²) in [5.41, 5.74) is 0.0887. The molecule has 4 N–H and O–H groups in total. The Kier molecular flexibility index (Phi) is 3.59. The van der Waals surface area contributed by atoms with Crippen LogP contribution in [0.5, 0.6) is 0 Å². The Bertz CT molecular complexity index is 272. The number of rotatable bonds is 4. The summed E-state index contributed by atoms with van der Waals surface area (Å²) in [6, 6.07) is 5.43. The number of benzene rings is 1. The molecule has 0 unspecified atom stereocenters. The van der Waals surface area contributed by atoms with E-state index < -0.39 is 0 Å². The van der Waals surface area contributed by atoms with Crippen LogP contribution in [0, 0.1) is 10.4 Å². The molecular weight excluding hydrogens is 192 g/mol. The third-order valence-electron chi connectivity index (χ3n) is 1.44. The van der Waals surface area contributed by atoms with Gasteiger partial charge in [-0.1, -0.05) is 6.07 Å².